The highest BCUT2D eigenvalue weighted by Crippen LogP contribution is 2.43. The smallest absolute Gasteiger partial charge is 0.308 e. The van der Waals surface area contributed by atoms with Gasteiger partial charge in [0.25, 0.3) is 11.5 Å². The lowest BCUT2D eigenvalue weighted by molar-refractivity contribution is -0.174. The van der Waals surface area contributed by atoms with Crippen molar-refractivity contribution in [1.82, 2.24) is 44.6 Å². The predicted molar refractivity (Wildman–Crippen MR) is 118 cm³/mol. The van der Waals surface area contributed by atoms with Crippen LogP contribution in [0.25, 0.3) is 17.2 Å². The van der Waals surface area contributed by atoms with E-state index < -0.39 is 29.7 Å². The second kappa shape index (κ2) is 8.02. The van der Waals surface area contributed by atoms with E-state index in [1.807, 2.05) is 0 Å². The number of likely N-dealkylation sites (N-methyl/N-ethyl adjacent to an activating group) is 1. The van der Waals surface area contributed by atoms with Gasteiger partial charge in [0.2, 0.25) is 5.95 Å². The van der Waals surface area contributed by atoms with Crippen LogP contribution in [0.5, 0.6) is 0 Å². The van der Waals surface area contributed by atoms with Crippen LogP contribution in [0.4, 0.5) is 20.4 Å². The quantitative estimate of drug-likeness (QED) is 0.416. The lowest BCUT2D eigenvalue weighted by Crippen LogP contribution is -2.47. The molecule has 1 atom stereocenters. The van der Waals surface area contributed by atoms with Crippen molar-refractivity contribution in [3.63, 3.8) is 0 Å². The number of amides is 1. The second-order valence-electron chi connectivity index (χ2n) is 7.87. The predicted octanol–water partition coefficient (Wildman–Crippen LogP) is 1.54. The van der Waals surface area contributed by atoms with E-state index in [1.165, 1.54) is 24.1 Å². The molecule has 0 aliphatic carbocycles. The highest BCUT2D eigenvalue weighted by atomic mass is 35.5. The lowest BCUT2D eigenvalue weighted by atomic mass is 9.95. The van der Waals surface area contributed by atoms with Gasteiger partial charge >= 0.3 is 5.92 Å². The van der Waals surface area contributed by atoms with Crippen LogP contribution >= 0.6 is 11.6 Å². The summed E-state index contributed by atoms with van der Waals surface area (Å²) in [6.45, 7) is -0.933. The van der Waals surface area contributed by atoms with E-state index in [4.69, 9.17) is 11.6 Å². The minimum absolute atomic E-state index is 0.204. The Morgan fingerprint density at radius 2 is 1.94 bits per heavy atom. The summed E-state index contributed by atoms with van der Waals surface area (Å²) in [4.78, 5) is 26.1. The number of likely N-dealkylation sites (tertiary alicyclic amines) is 1. The summed E-state index contributed by atoms with van der Waals surface area (Å²) in [5.41, 5.74) is -2.31. The third-order valence-electron chi connectivity index (χ3n) is 5.49. The van der Waals surface area contributed by atoms with Gasteiger partial charge < -0.3 is 15.3 Å². The molecule has 1 aliphatic heterocycles. The van der Waals surface area contributed by atoms with Crippen molar-refractivity contribution in [1.29, 1.82) is 0 Å². The SMILES string of the molecule is CN1CC(F)(F)[C@@](O)(c2cn(-c3cccc(-c4ccnc(Nc5cnn(C)c5Cl)n4)n3)nn2)C1=O. The Morgan fingerprint density at radius 3 is 2.63 bits per heavy atom. The first kappa shape index (κ1) is 22.7. The number of halogens is 3. The fourth-order valence-electron chi connectivity index (χ4n) is 3.64. The van der Waals surface area contributed by atoms with E-state index in [9.17, 15) is 18.7 Å². The molecule has 4 aromatic rings. The molecule has 1 fully saturated rings. The van der Waals surface area contributed by atoms with Crippen molar-refractivity contribution in [2.45, 2.75) is 11.5 Å². The van der Waals surface area contributed by atoms with Crippen LogP contribution in [0.15, 0.2) is 42.9 Å². The molecule has 0 spiro atoms. The number of carbonyl (C=O) groups is 1. The Labute approximate surface area is 201 Å². The summed E-state index contributed by atoms with van der Waals surface area (Å²) in [6, 6.07) is 6.53. The van der Waals surface area contributed by atoms with Gasteiger partial charge in [0.1, 0.15) is 10.8 Å². The summed E-state index contributed by atoms with van der Waals surface area (Å²) >= 11 is 6.16. The lowest BCUT2D eigenvalue weighted by Gasteiger charge is -2.23. The molecule has 0 saturated carbocycles. The van der Waals surface area contributed by atoms with Gasteiger partial charge in [-0.15, -0.1) is 5.10 Å². The molecule has 0 bridgehead atoms. The molecule has 1 amide bonds. The van der Waals surface area contributed by atoms with Crippen LogP contribution in [0.2, 0.25) is 5.15 Å². The summed E-state index contributed by atoms with van der Waals surface area (Å²) in [5.74, 6) is -4.45. The van der Waals surface area contributed by atoms with Crippen molar-refractivity contribution >= 4 is 29.1 Å². The zero-order valence-electron chi connectivity index (χ0n) is 18.3. The fourth-order valence-corrected chi connectivity index (χ4v) is 3.78. The van der Waals surface area contributed by atoms with Gasteiger partial charge in [-0.05, 0) is 18.2 Å². The molecule has 1 saturated heterocycles. The average molecular weight is 503 g/mol. The summed E-state index contributed by atoms with van der Waals surface area (Å²) in [5, 5.41) is 25.4. The number of aryl methyl sites for hydroxylation is 1. The first-order valence-corrected chi connectivity index (χ1v) is 10.5. The topological polar surface area (TPSA) is 140 Å². The average Bonchev–Trinajstić information content (AvgIpc) is 3.50. The van der Waals surface area contributed by atoms with Crippen LogP contribution in [0, 0.1) is 0 Å². The van der Waals surface area contributed by atoms with Gasteiger partial charge in [-0.3, -0.25) is 9.48 Å². The van der Waals surface area contributed by atoms with E-state index in [-0.39, 0.29) is 11.8 Å². The zero-order valence-corrected chi connectivity index (χ0v) is 19.0. The third kappa shape index (κ3) is 3.66. The maximum atomic E-state index is 14.5. The van der Waals surface area contributed by atoms with Crippen molar-refractivity contribution < 1.29 is 18.7 Å². The largest absolute Gasteiger partial charge is 0.369 e. The number of hydrogen-bond donors (Lipinski definition) is 2. The first-order valence-electron chi connectivity index (χ1n) is 10.1. The molecular weight excluding hydrogens is 486 g/mol. The monoisotopic (exact) mass is 502 g/mol. The fraction of sp³-hybridized carbons (Fsp3) is 0.250. The molecule has 0 radical (unpaired) electrons. The van der Waals surface area contributed by atoms with Gasteiger partial charge in [-0.2, -0.15) is 5.10 Å². The van der Waals surface area contributed by atoms with E-state index in [1.54, 1.807) is 31.3 Å². The van der Waals surface area contributed by atoms with Crippen molar-refractivity contribution in [2.75, 3.05) is 18.9 Å². The molecule has 2 N–H and O–H groups in total. The molecule has 12 nitrogen and oxygen atoms in total. The molecule has 5 rings (SSSR count). The van der Waals surface area contributed by atoms with Gasteiger partial charge in [0, 0.05) is 20.3 Å². The van der Waals surface area contributed by atoms with Gasteiger partial charge in [0.15, 0.2) is 5.82 Å². The number of aliphatic hydroxyl groups is 1. The van der Waals surface area contributed by atoms with Gasteiger partial charge in [-0.1, -0.05) is 22.9 Å². The number of aromatic nitrogens is 8. The molecule has 0 aromatic carbocycles. The van der Waals surface area contributed by atoms with Crippen LogP contribution in [0.1, 0.15) is 5.69 Å². The van der Waals surface area contributed by atoms with E-state index in [0.717, 1.165) is 15.8 Å². The van der Waals surface area contributed by atoms with Crippen molar-refractivity contribution in [3.8, 4) is 17.2 Å². The molecule has 35 heavy (non-hydrogen) atoms. The van der Waals surface area contributed by atoms with E-state index in [2.05, 4.69) is 35.7 Å². The number of nitrogens with zero attached hydrogens (tertiary/aromatic N) is 9. The first-order chi connectivity index (χ1) is 16.6. The summed E-state index contributed by atoms with van der Waals surface area (Å²) in [7, 11) is 2.87. The van der Waals surface area contributed by atoms with Crippen LogP contribution in [-0.2, 0) is 17.4 Å². The Bertz CT molecular complexity index is 1440. The molecule has 5 heterocycles. The maximum Gasteiger partial charge on any atom is 0.308 e. The molecule has 1 aliphatic rings. The molecular formula is C20H17ClF2N10O2. The van der Waals surface area contributed by atoms with Crippen LogP contribution in [0.3, 0.4) is 0 Å². The second-order valence-corrected chi connectivity index (χ2v) is 8.23. The maximum absolute atomic E-state index is 14.5. The number of pyridine rings is 1. The number of hydrogen-bond acceptors (Lipinski definition) is 9. The molecule has 0 unspecified atom stereocenters. The Hall–Kier alpha value is -4.04. The van der Waals surface area contributed by atoms with Crippen molar-refractivity contribution in [2.24, 2.45) is 7.05 Å². The Kier molecular flexibility index (Phi) is 5.21. The normalized spacial score (nSPS) is 19.4. The van der Waals surface area contributed by atoms with E-state index in [0.29, 0.717) is 22.2 Å². The molecule has 4 aromatic heterocycles. The van der Waals surface area contributed by atoms with Gasteiger partial charge in [-0.25, -0.2) is 28.4 Å². The Morgan fingerprint density at radius 1 is 1.17 bits per heavy atom. The number of carbonyl (C=O) groups excluding carboxylic acids is 1. The highest BCUT2D eigenvalue weighted by Gasteiger charge is 2.67. The van der Waals surface area contributed by atoms with Crippen LogP contribution in [-0.4, -0.2) is 75.2 Å². The molecule has 15 heteroatoms. The highest BCUT2D eigenvalue weighted by molar-refractivity contribution is 6.32. The zero-order chi connectivity index (χ0) is 25.0. The summed E-state index contributed by atoms with van der Waals surface area (Å²) < 4.78 is 31.5. The minimum Gasteiger partial charge on any atom is -0.369 e. The molecule has 180 valence electrons. The van der Waals surface area contributed by atoms with Gasteiger partial charge in [0.05, 0.1) is 36.0 Å². The van der Waals surface area contributed by atoms with E-state index >= 15 is 0 Å². The minimum atomic E-state index is -3.74. The number of anilines is 2. The van der Waals surface area contributed by atoms with Crippen molar-refractivity contribution in [3.05, 3.63) is 53.7 Å². The van der Waals surface area contributed by atoms with Crippen LogP contribution < -0.4 is 5.32 Å². The third-order valence-corrected chi connectivity index (χ3v) is 5.93. The number of alkyl halides is 2. The Balaban J connectivity index is 1.45. The standard InChI is InChI=1S/C20H17ClF2N10O2/c1-31-10-19(22,23)20(35,17(31)34)14-9-33(30-29-14)15-5-3-4-11(26-15)12-6-7-24-18(27-12)28-13-8-25-32(2)16(13)21/h3-9,35H,10H2,1-2H3,(H,24,27,28)/t20-/m1/s1. The number of rotatable bonds is 5. The number of nitrogens with one attached hydrogen (secondary N) is 1. The summed E-state index contributed by atoms with van der Waals surface area (Å²) in [6.07, 6.45) is 4.11.